The van der Waals surface area contributed by atoms with Gasteiger partial charge in [0.25, 0.3) is 5.91 Å². The van der Waals surface area contributed by atoms with E-state index in [4.69, 9.17) is 9.47 Å². The summed E-state index contributed by atoms with van der Waals surface area (Å²) in [5.74, 6) is 0.656. The van der Waals surface area contributed by atoms with Crippen LogP contribution < -0.4 is 4.74 Å². The number of hydrogen-bond acceptors (Lipinski definition) is 4. The Hall–Kier alpha value is -2.64. The van der Waals surface area contributed by atoms with Crippen molar-refractivity contribution in [3.63, 3.8) is 0 Å². The molecule has 1 aromatic heterocycles. The Bertz CT molecular complexity index is 1100. The van der Waals surface area contributed by atoms with Crippen molar-refractivity contribution in [1.29, 1.82) is 0 Å². The molecule has 0 bridgehead atoms. The summed E-state index contributed by atoms with van der Waals surface area (Å²) in [4.78, 5) is 15.1. The van der Waals surface area contributed by atoms with Gasteiger partial charge in [-0.05, 0) is 36.1 Å². The zero-order chi connectivity index (χ0) is 21.4. The molecule has 6 nitrogen and oxygen atoms in total. The fourth-order valence-electron chi connectivity index (χ4n) is 4.21. The predicted octanol–water partition coefficient (Wildman–Crippen LogP) is 4.56. The monoisotopic (exact) mass is 481 g/mol. The van der Waals surface area contributed by atoms with Crippen LogP contribution in [0.4, 0.5) is 0 Å². The Morgan fingerprint density at radius 2 is 2.03 bits per heavy atom. The summed E-state index contributed by atoms with van der Waals surface area (Å²) in [6, 6.07) is 12.1. The molecule has 0 N–H and O–H groups in total. The lowest BCUT2D eigenvalue weighted by Crippen LogP contribution is -2.24. The van der Waals surface area contributed by atoms with Crippen LogP contribution in [0.5, 0.6) is 5.75 Å². The number of aromatic nitrogens is 2. The zero-order valence-electron chi connectivity index (χ0n) is 17.4. The van der Waals surface area contributed by atoms with Crippen LogP contribution in [0.2, 0.25) is 0 Å². The summed E-state index contributed by atoms with van der Waals surface area (Å²) >= 11 is 3.61. The average Bonchev–Trinajstić information content (AvgIpc) is 3.51. The summed E-state index contributed by atoms with van der Waals surface area (Å²) in [5.41, 5.74) is 4.93. The van der Waals surface area contributed by atoms with Gasteiger partial charge in [0.2, 0.25) is 0 Å². The molecule has 2 aromatic carbocycles. The van der Waals surface area contributed by atoms with E-state index in [1.807, 2.05) is 36.5 Å². The third-order valence-electron chi connectivity index (χ3n) is 5.88. The summed E-state index contributed by atoms with van der Waals surface area (Å²) in [5, 5.41) is 4.23. The van der Waals surface area contributed by atoms with Gasteiger partial charge in [0, 0.05) is 48.5 Å². The SMILES string of the molecule is Cn1cc(-c2ccc(CN3Cc4c(Br)ccc(OCC5CCCO5)c4C3=O)cc2)cn1. The van der Waals surface area contributed by atoms with Crippen molar-refractivity contribution in [1.82, 2.24) is 14.7 Å². The molecule has 31 heavy (non-hydrogen) atoms. The van der Waals surface area contributed by atoms with Gasteiger partial charge in [-0.15, -0.1) is 0 Å². The second kappa shape index (κ2) is 8.48. The number of fused-ring (bicyclic) bond motifs is 1. The first kappa shape index (κ1) is 20.3. The first-order chi connectivity index (χ1) is 15.1. The number of aryl methyl sites for hydroxylation is 1. The molecule has 1 unspecified atom stereocenters. The van der Waals surface area contributed by atoms with Crippen molar-refractivity contribution < 1.29 is 14.3 Å². The van der Waals surface area contributed by atoms with E-state index in [2.05, 4.69) is 45.3 Å². The van der Waals surface area contributed by atoms with E-state index in [0.29, 0.717) is 31.0 Å². The summed E-state index contributed by atoms with van der Waals surface area (Å²) in [6.45, 7) is 2.39. The summed E-state index contributed by atoms with van der Waals surface area (Å²) in [6.07, 6.45) is 6.04. The first-order valence-corrected chi connectivity index (χ1v) is 11.3. The van der Waals surface area contributed by atoms with Crippen molar-refractivity contribution in [2.75, 3.05) is 13.2 Å². The standard InChI is InChI=1S/C24H24BrN3O3/c1-27-13-18(11-26-27)17-6-4-16(5-7-17)12-28-14-20-21(25)8-9-22(23(20)24(28)29)31-15-19-3-2-10-30-19/h4-9,11,13,19H,2-3,10,12,14-15H2,1H3. The van der Waals surface area contributed by atoms with Gasteiger partial charge in [-0.3, -0.25) is 9.48 Å². The lowest BCUT2D eigenvalue weighted by atomic mass is 10.1. The second-order valence-electron chi connectivity index (χ2n) is 8.11. The maximum atomic E-state index is 13.2. The minimum atomic E-state index is 0.00924. The molecule has 7 heteroatoms. The molecule has 0 spiro atoms. The van der Waals surface area contributed by atoms with Crippen molar-refractivity contribution in [3.05, 3.63) is 70.0 Å². The zero-order valence-corrected chi connectivity index (χ0v) is 19.0. The molecule has 2 aliphatic rings. The van der Waals surface area contributed by atoms with E-state index >= 15 is 0 Å². The van der Waals surface area contributed by atoms with Gasteiger partial charge < -0.3 is 14.4 Å². The first-order valence-electron chi connectivity index (χ1n) is 10.5. The predicted molar refractivity (Wildman–Crippen MR) is 121 cm³/mol. The van der Waals surface area contributed by atoms with Crippen LogP contribution in [0.25, 0.3) is 11.1 Å². The van der Waals surface area contributed by atoms with Crippen LogP contribution in [0.15, 0.2) is 53.3 Å². The van der Waals surface area contributed by atoms with E-state index in [1.165, 1.54) is 0 Å². The van der Waals surface area contributed by atoms with Crippen molar-refractivity contribution in [2.45, 2.75) is 32.0 Å². The highest BCUT2D eigenvalue weighted by atomic mass is 79.9. The van der Waals surface area contributed by atoms with Gasteiger partial charge >= 0.3 is 0 Å². The van der Waals surface area contributed by atoms with Crippen molar-refractivity contribution in [2.24, 2.45) is 7.05 Å². The van der Waals surface area contributed by atoms with Gasteiger partial charge in [0.05, 0.1) is 17.9 Å². The third-order valence-corrected chi connectivity index (χ3v) is 6.62. The second-order valence-corrected chi connectivity index (χ2v) is 8.96. The molecule has 2 aliphatic heterocycles. The highest BCUT2D eigenvalue weighted by molar-refractivity contribution is 9.10. The molecule has 1 fully saturated rings. The normalized spacial score (nSPS) is 17.9. The minimum Gasteiger partial charge on any atom is -0.490 e. The lowest BCUT2D eigenvalue weighted by Gasteiger charge is -2.16. The number of amides is 1. The van der Waals surface area contributed by atoms with Crippen LogP contribution in [-0.4, -0.2) is 39.9 Å². The van der Waals surface area contributed by atoms with Gasteiger partial charge in [-0.1, -0.05) is 40.2 Å². The number of nitrogens with zero attached hydrogens (tertiary/aromatic N) is 3. The minimum absolute atomic E-state index is 0.00924. The quantitative estimate of drug-likeness (QED) is 0.517. The lowest BCUT2D eigenvalue weighted by molar-refractivity contribution is 0.0659. The number of ether oxygens (including phenoxy) is 2. The number of carbonyl (C=O) groups excluding carboxylic acids is 1. The maximum Gasteiger partial charge on any atom is 0.258 e. The molecule has 3 heterocycles. The van der Waals surface area contributed by atoms with Gasteiger partial charge in [0.1, 0.15) is 12.4 Å². The number of carbonyl (C=O) groups is 1. The van der Waals surface area contributed by atoms with Crippen LogP contribution in [0, 0.1) is 0 Å². The molecule has 1 saturated heterocycles. The van der Waals surface area contributed by atoms with E-state index in [-0.39, 0.29) is 12.0 Å². The fourth-order valence-corrected chi connectivity index (χ4v) is 4.67. The molecule has 1 atom stereocenters. The maximum absolute atomic E-state index is 13.2. The Labute approximate surface area is 189 Å². The van der Waals surface area contributed by atoms with E-state index in [9.17, 15) is 4.79 Å². The van der Waals surface area contributed by atoms with Crippen LogP contribution >= 0.6 is 15.9 Å². The highest BCUT2D eigenvalue weighted by Crippen LogP contribution is 2.37. The molecule has 0 saturated carbocycles. The Kier molecular flexibility index (Phi) is 5.54. The average molecular weight is 482 g/mol. The number of benzene rings is 2. The topological polar surface area (TPSA) is 56.6 Å². The fraction of sp³-hybridized carbons (Fsp3) is 0.333. The number of rotatable bonds is 6. The van der Waals surface area contributed by atoms with Crippen molar-refractivity contribution >= 4 is 21.8 Å². The van der Waals surface area contributed by atoms with E-state index < -0.39 is 0 Å². The Morgan fingerprint density at radius 1 is 1.19 bits per heavy atom. The van der Waals surface area contributed by atoms with Crippen LogP contribution in [0.3, 0.4) is 0 Å². The van der Waals surface area contributed by atoms with E-state index in [1.54, 1.807) is 4.68 Å². The molecule has 160 valence electrons. The molecular formula is C24H24BrN3O3. The molecule has 1 amide bonds. The molecule has 5 rings (SSSR count). The number of halogens is 1. The van der Waals surface area contributed by atoms with Gasteiger partial charge in [0.15, 0.2) is 0 Å². The van der Waals surface area contributed by atoms with Crippen molar-refractivity contribution in [3.8, 4) is 16.9 Å². The smallest absolute Gasteiger partial charge is 0.258 e. The molecule has 0 aliphatic carbocycles. The van der Waals surface area contributed by atoms with Gasteiger partial charge in [-0.25, -0.2) is 0 Å². The van der Waals surface area contributed by atoms with E-state index in [0.717, 1.165) is 46.2 Å². The molecule has 3 aromatic rings. The molecular weight excluding hydrogens is 458 g/mol. The summed E-state index contributed by atoms with van der Waals surface area (Å²) in [7, 11) is 1.91. The molecule has 0 radical (unpaired) electrons. The Morgan fingerprint density at radius 3 is 2.74 bits per heavy atom. The highest BCUT2D eigenvalue weighted by Gasteiger charge is 2.33. The summed E-state index contributed by atoms with van der Waals surface area (Å²) < 4.78 is 14.4. The number of hydrogen-bond donors (Lipinski definition) is 0. The van der Waals surface area contributed by atoms with Crippen LogP contribution in [-0.2, 0) is 24.9 Å². The Balaban J connectivity index is 1.31. The third kappa shape index (κ3) is 4.12. The van der Waals surface area contributed by atoms with Crippen LogP contribution in [0.1, 0.15) is 34.3 Å². The van der Waals surface area contributed by atoms with Gasteiger partial charge in [-0.2, -0.15) is 5.10 Å². The largest absolute Gasteiger partial charge is 0.490 e.